The standard InChI is InChI=1S/C14H16N4O3S2/c1-2-22-14-17-8(6-23-14)3-12(19)18-5-10-9(15-7-16-10)4-11(18)13(20)21/h6-7,11H,2-5H2,1H3,(H,15,16)(H,20,21)/t11-/m0/s1. The number of carboxylic acids is 1. The molecule has 1 aliphatic rings. The molecule has 2 aromatic rings. The van der Waals surface area contributed by atoms with Gasteiger partial charge in [-0.05, 0) is 5.75 Å². The zero-order valence-corrected chi connectivity index (χ0v) is 14.1. The fraction of sp³-hybridized carbons (Fsp3) is 0.429. The minimum absolute atomic E-state index is 0.119. The molecule has 9 heteroatoms. The molecule has 0 aliphatic carbocycles. The number of nitrogens with zero attached hydrogens (tertiary/aromatic N) is 3. The van der Waals surface area contributed by atoms with Gasteiger partial charge >= 0.3 is 5.97 Å². The summed E-state index contributed by atoms with van der Waals surface area (Å²) in [7, 11) is 0. The maximum atomic E-state index is 12.6. The number of fused-ring (bicyclic) bond motifs is 1. The first kappa shape index (κ1) is 16.0. The normalized spacial score (nSPS) is 17.1. The van der Waals surface area contributed by atoms with E-state index < -0.39 is 12.0 Å². The second-order valence-corrected chi connectivity index (χ2v) is 7.49. The van der Waals surface area contributed by atoms with E-state index in [4.69, 9.17) is 0 Å². The van der Waals surface area contributed by atoms with Crippen LogP contribution in [-0.2, 0) is 29.0 Å². The third-order valence-corrected chi connectivity index (χ3v) is 5.59. The summed E-state index contributed by atoms with van der Waals surface area (Å²) < 4.78 is 0.930. The molecule has 0 saturated heterocycles. The Morgan fingerprint density at radius 3 is 3.13 bits per heavy atom. The van der Waals surface area contributed by atoms with Gasteiger partial charge in [0.15, 0.2) is 0 Å². The van der Waals surface area contributed by atoms with Gasteiger partial charge in [-0.3, -0.25) is 4.79 Å². The summed E-state index contributed by atoms with van der Waals surface area (Å²) in [6.45, 7) is 2.29. The zero-order valence-electron chi connectivity index (χ0n) is 12.5. The molecule has 0 saturated carbocycles. The van der Waals surface area contributed by atoms with Crippen LogP contribution in [0, 0.1) is 0 Å². The fourth-order valence-electron chi connectivity index (χ4n) is 2.53. The van der Waals surface area contributed by atoms with Gasteiger partial charge in [0.25, 0.3) is 0 Å². The highest BCUT2D eigenvalue weighted by Gasteiger charge is 2.35. The molecule has 7 nitrogen and oxygen atoms in total. The topological polar surface area (TPSA) is 99.2 Å². The summed E-state index contributed by atoms with van der Waals surface area (Å²) >= 11 is 3.14. The minimum atomic E-state index is -1.01. The third kappa shape index (κ3) is 3.40. The number of hydrogen-bond donors (Lipinski definition) is 2. The van der Waals surface area contributed by atoms with Crippen molar-refractivity contribution < 1.29 is 14.7 Å². The molecule has 1 aliphatic heterocycles. The molecule has 0 spiro atoms. The lowest BCUT2D eigenvalue weighted by Crippen LogP contribution is -2.49. The number of aromatic nitrogens is 3. The van der Waals surface area contributed by atoms with Crippen molar-refractivity contribution in [3.05, 3.63) is 28.8 Å². The molecule has 3 rings (SSSR count). The maximum absolute atomic E-state index is 12.6. The Balaban J connectivity index is 1.75. The van der Waals surface area contributed by atoms with Crippen molar-refractivity contribution >= 4 is 35.0 Å². The lowest BCUT2D eigenvalue weighted by atomic mass is 10.0. The number of imidazole rings is 1. The lowest BCUT2D eigenvalue weighted by Gasteiger charge is -2.32. The maximum Gasteiger partial charge on any atom is 0.326 e. The van der Waals surface area contributed by atoms with Gasteiger partial charge in [0.2, 0.25) is 5.91 Å². The highest BCUT2D eigenvalue weighted by Crippen LogP contribution is 2.24. The van der Waals surface area contributed by atoms with Gasteiger partial charge in [0, 0.05) is 11.8 Å². The lowest BCUT2D eigenvalue weighted by molar-refractivity contribution is -0.151. The number of carboxylic acid groups (broad SMARTS) is 1. The molecule has 2 N–H and O–H groups in total. The molecule has 1 amide bonds. The second-order valence-electron chi connectivity index (χ2n) is 5.12. The first-order valence-corrected chi connectivity index (χ1v) is 9.05. The Labute approximate surface area is 141 Å². The molecule has 0 fully saturated rings. The van der Waals surface area contributed by atoms with Crippen molar-refractivity contribution in [3.63, 3.8) is 0 Å². The number of amides is 1. The Kier molecular flexibility index (Phi) is 4.67. The van der Waals surface area contributed by atoms with Crippen molar-refractivity contribution in [1.29, 1.82) is 0 Å². The highest BCUT2D eigenvalue weighted by atomic mass is 32.2. The number of H-pyrrole nitrogens is 1. The van der Waals surface area contributed by atoms with Crippen molar-refractivity contribution in [2.75, 3.05) is 5.75 Å². The van der Waals surface area contributed by atoms with Crippen LogP contribution in [0.25, 0.3) is 0 Å². The summed E-state index contributed by atoms with van der Waals surface area (Å²) in [5.41, 5.74) is 2.21. The van der Waals surface area contributed by atoms with Gasteiger partial charge in [-0.1, -0.05) is 18.7 Å². The molecule has 0 bridgehead atoms. The van der Waals surface area contributed by atoms with Crippen LogP contribution >= 0.6 is 23.1 Å². The van der Waals surface area contributed by atoms with Gasteiger partial charge in [-0.2, -0.15) is 0 Å². The molecule has 0 aromatic carbocycles. The number of carbonyl (C=O) groups is 2. The number of thioether (sulfide) groups is 1. The van der Waals surface area contributed by atoms with E-state index in [0.717, 1.165) is 21.5 Å². The minimum Gasteiger partial charge on any atom is -0.480 e. The number of hydrogen-bond acceptors (Lipinski definition) is 6. The number of rotatable bonds is 5. The van der Waals surface area contributed by atoms with E-state index >= 15 is 0 Å². The van der Waals surface area contributed by atoms with Crippen LogP contribution in [0.2, 0.25) is 0 Å². The van der Waals surface area contributed by atoms with E-state index in [1.807, 2.05) is 12.3 Å². The van der Waals surface area contributed by atoms with E-state index in [2.05, 4.69) is 15.0 Å². The number of nitrogens with one attached hydrogen (secondary N) is 1. The van der Waals surface area contributed by atoms with E-state index in [1.165, 1.54) is 22.6 Å². The highest BCUT2D eigenvalue weighted by molar-refractivity contribution is 8.00. The average Bonchev–Trinajstić information content (AvgIpc) is 3.14. The van der Waals surface area contributed by atoms with Crippen LogP contribution < -0.4 is 0 Å². The van der Waals surface area contributed by atoms with E-state index in [9.17, 15) is 14.7 Å². The molecule has 0 radical (unpaired) electrons. The average molecular weight is 352 g/mol. The Morgan fingerprint density at radius 1 is 1.57 bits per heavy atom. The summed E-state index contributed by atoms with van der Waals surface area (Å²) in [5, 5.41) is 11.3. The monoisotopic (exact) mass is 352 g/mol. The van der Waals surface area contributed by atoms with Crippen LogP contribution in [0.5, 0.6) is 0 Å². The smallest absolute Gasteiger partial charge is 0.326 e. The van der Waals surface area contributed by atoms with Gasteiger partial charge in [0.05, 0.1) is 36.4 Å². The molecular weight excluding hydrogens is 336 g/mol. The summed E-state index contributed by atoms with van der Waals surface area (Å²) in [6.07, 6.45) is 1.88. The van der Waals surface area contributed by atoms with E-state index in [1.54, 1.807) is 11.8 Å². The summed E-state index contributed by atoms with van der Waals surface area (Å²) in [5.74, 6) is -0.306. The summed E-state index contributed by atoms with van der Waals surface area (Å²) in [4.78, 5) is 37.0. The van der Waals surface area contributed by atoms with Gasteiger partial charge < -0.3 is 15.0 Å². The third-order valence-electron chi connectivity index (χ3n) is 3.64. The van der Waals surface area contributed by atoms with Crippen molar-refractivity contribution in [1.82, 2.24) is 19.9 Å². The molecule has 2 aromatic heterocycles. The van der Waals surface area contributed by atoms with Gasteiger partial charge in [-0.25, -0.2) is 14.8 Å². The van der Waals surface area contributed by atoms with Crippen LogP contribution in [0.3, 0.4) is 0 Å². The number of aromatic amines is 1. The zero-order chi connectivity index (χ0) is 16.4. The Bertz CT molecular complexity index is 727. The molecule has 122 valence electrons. The van der Waals surface area contributed by atoms with Gasteiger partial charge in [-0.15, -0.1) is 11.3 Å². The molecular formula is C14H16N4O3S2. The van der Waals surface area contributed by atoms with Crippen molar-refractivity contribution in [2.24, 2.45) is 0 Å². The van der Waals surface area contributed by atoms with Crippen LogP contribution in [-0.4, -0.2) is 48.6 Å². The van der Waals surface area contributed by atoms with E-state index in [0.29, 0.717) is 5.69 Å². The van der Waals surface area contributed by atoms with Gasteiger partial charge in [0.1, 0.15) is 10.4 Å². The van der Waals surface area contributed by atoms with Crippen molar-refractivity contribution in [2.45, 2.75) is 36.7 Å². The fourth-order valence-corrected chi connectivity index (χ4v) is 4.28. The largest absolute Gasteiger partial charge is 0.480 e. The van der Waals surface area contributed by atoms with E-state index in [-0.39, 0.29) is 25.3 Å². The quantitative estimate of drug-likeness (QED) is 0.792. The summed E-state index contributed by atoms with van der Waals surface area (Å²) in [6, 6.07) is -0.874. The first-order chi connectivity index (χ1) is 11.1. The molecule has 0 unspecified atom stereocenters. The van der Waals surface area contributed by atoms with Crippen LogP contribution in [0.4, 0.5) is 0 Å². The predicted octanol–water partition coefficient (Wildman–Crippen LogP) is 1.56. The van der Waals surface area contributed by atoms with Crippen molar-refractivity contribution in [3.8, 4) is 0 Å². The number of aliphatic carboxylic acids is 1. The SMILES string of the molecule is CCSc1nc(CC(=O)N2Cc3[nH]cnc3C[C@H]2C(=O)O)cs1. The Morgan fingerprint density at radius 2 is 2.39 bits per heavy atom. The molecule has 3 heterocycles. The van der Waals surface area contributed by atoms with Crippen LogP contribution in [0.1, 0.15) is 24.0 Å². The molecule has 23 heavy (non-hydrogen) atoms. The second kappa shape index (κ2) is 6.71. The molecule has 1 atom stereocenters. The Hall–Kier alpha value is -1.87. The predicted molar refractivity (Wildman–Crippen MR) is 86.5 cm³/mol. The number of thiazole rings is 1. The first-order valence-electron chi connectivity index (χ1n) is 7.19. The number of carbonyl (C=O) groups excluding carboxylic acids is 1. The van der Waals surface area contributed by atoms with Crippen LogP contribution in [0.15, 0.2) is 16.0 Å².